The van der Waals surface area contributed by atoms with Gasteiger partial charge in [-0.2, -0.15) is 0 Å². The Morgan fingerprint density at radius 2 is 2.06 bits per heavy atom. The van der Waals surface area contributed by atoms with Crippen molar-refractivity contribution in [1.82, 2.24) is 5.32 Å². The molecule has 17 heavy (non-hydrogen) atoms. The van der Waals surface area contributed by atoms with Crippen LogP contribution in [0.2, 0.25) is 0 Å². The molecule has 0 bridgehead atoms. The molecule has 3 rings (SSSR count). The number of rotatable bonds is 3. The zero-order chi connectivity index (χ0) is 11.8. The zero-order valence-corrected chi connectivity index (χ0v) is 9.73. The van der Waals surface area contributed by atoms with Crippen molar-refractivity contribution in [3.63, 3.8) is 0 Å². The molecule has 0 spiro atoms. The van der Waals surface area contributed by atoms with Crippen molar-refractivity contribution in [2.24, 2.45) is 5.92 Å². The quantitative estimate of drug-likeness (QED) is 0.839. The molecule has 0 aromatic heterocycles. The Labute approximate surface area is 101 Å². The maximum atomic E-state index is 10.7. The van der Waals surface area contributed by atoms with Crippen LogP contribution in [0.4, 0.5) is 0 Å². The van der Waals surface area contributed by atoms with Gasteiger partial charge in [-0.3, -0.25) is 10.1 Å². The van der Waals surface area contributed by atoms with Crippen molar-refractivity contribution >= 4 is 5.97 Å². The van der Waals surface area contributed by atoms with E-state index in [4.69, 9.17) is 5.11 Å². The Morgan fingerprint density at radius 3 is 2.82 bits per heavy atom. The number of aliphatic carboxylic acids is 1. The molecule has 2 aliphatic carbocycles. The summed E-state index contributed by atoms with van der Waals surface area (Å²) >= 11 is 0. The van der Waals surface area contributed by atoms with Crippen molar-refractivity contribution < 1.29 is 9.90 Å². The van der Waals surface area contributed by atoms with Gasteiger partial charge in [-0.05, 0) is 35.8 Å². The minimum atomic E-state index is -0.774. The second kappa shape index (κ2) is 4.15. The van der Waals surface area contributed by atoms with E-state index in [1.165, 1.54) is 30.4 Å². The van der Waals surface area contributed by atoms with E-state index in [1.54, 1.807) is 0 Å². The number of hydrogen-bond acceptors (Lipinski definition) is 2. The fourth-order valence-corrected chi connectivity index (χ4v) is 3.59. The zero-order valence-electron chi connectivity index (χ0n) is 9.73. The van der Waals surface area contributed by atoms with Crippen LogP contribution in [0.1, 0.15) is 42.3 Å². The molecule has 2 aliphatic rings. The van der Waals surface area contributed by atoms with Crippen LogP contribution in [0.5, 0.6) is 0 Å². The summed E-state index contributed by atoms with van der Waals surface area (Å²) in [4.78, 5) is 10.7. The second-order valence-electron chi connectivity index (χ2n) is 5.08. The fourth-order valence-electron chi connectivity index (χ4n) is 3.59. The lowest BCUT2D eigenvalue weighted by Crippen LogP contribution is -2.30. The molecular weight excluding hydrogens is 214 g/mol. The third-order valence-electron chi connectivity index (χ3n) is 4.20. The Hall–Kier alpha value is -1.35. The largest absolute Gasteiger partial charge is 0.480 e. The molecule has 3 heteroatoms. The van der Waals surface area contributed by atoms with E-state index in [0.717, 1.165) is 0 Å². The van der Waals surface area contributed by atoms with Gasteiger partial charge in [-0.15, -0.1) is 0 Å². The Balaban J connectivity index is 1.89. The standard InChI is InChI=1S/C14H17NO2/c16-13(17)8-15-14-11-5-2-1-4-9(11)10-6-3-7-12(10)14/h1-2,4-5,10,12,14-15H,3,6-8H2,(H,16,17). The SMILES string of the molecule is O=C(O)CNC1c2ccccc2C2CCCC21. The molecule has 90 valence electrons. The highest BCUT2D eigenvalue weighted by atomic mass is 16.4. The number of carbonyl (C=O) groups is 1. The van der Waals surface area contributed by atoms with Crippen LogP contribution >= 0.6 is 0 Å². The molecule has 0 heterocycles. The highest BCUT2D eigenvalue weighted by Gasteiger charge is 2.42. The first kappa shape index (κ1) is 10.8. The average Bonchev–Trinajstić information content (AvgIpc) is 2.87. The summed E-state index contributed by atoms with van der Waals surface area (Å²) < 4.78 is 0. The Kier molecular flexibility index (Phi) is 2.63. The highest BCUT2D eigenvalue weighted by molar-refractivity contribution is 5.69. The predicted octanol–water partition coefficient (Wildman–Crippen LogP) is 2.30. The molecule has 1 aromatic carbocycles. The molecule has 2 N–H and O–H groups in total. The van der Waals surface area contributed by atoms with Gasteiger partial charge in [0, 0.05) is 6.04 Å². The molecule has 0 saturated heterocycles. The van der Waals surface area contributed by atoms with E-state index in [9.17, 15) is 4.79 Å². The molecule has 0 amide bonds. The van der Waals surface area contributed by atoms with Crippen LogP contribution in [0.3, 0.4) is 0 Å². The summed E-state index contributed by atoms with van der Waals surface area (Å²) in [6.07, 6.45) is 3.75. The van der Waals surface area contributed by atoms with E-state index in [1.807, 2.05) is 0 Å². The first-order valence-corrected chi connectivity index (χ1v) is 6.31. The van der Waals surface area contributed by atoms with Crippen LogP contribution in [-0.4, -0.2) is 17.6 Å². The summed E-state index contributed by atoms with van der Waals surface area (Å²) in [5.74, 6) is 0.480. The van der Waals surface area contributed by atoms with Crippen molar-refractivity contribution in [2.75, 3.05) is 6.54 Å². The minimum Gasteiger partial charge on any atom is -0.480 e. The van der Waals surface area contributed by atoms with E-state index in [0.29, 0.717) is 11.8 Å². The predicted molar refractivity (Wildman–Crippen MR) is 64.9 cm³/mol. The van der Waals surface area contributed by atoms with E-state index >= 15 is 0 Å². The lowest BCUT2D eigenvalue weighted by atomic mass is 9.94. The van der Waals surface area contributed by atoms with Crippen molar-refractivity contribution in [2.45, 2.75) is 31.2 Å². The fraction of sp³-hybridized carbons (Fsp3) is 0.500. The molecule has 1 aromatic rings. The molecule has 0 aliphatic heterocycles. The lowest BCUT2D eigenvalue weighted by Gasteiger charge is -2.20. The summed E-state index contributed by atoms with van der Waals surface area (Å²) in [5.41, 5.74) is 2.77. The summed E-state index contributed by atoms with van der Waals surface area (Å²) in [5, 5.41) is 12.0. The van der Waals surface area contributed by atoms with E-state index < -0.39 is 5.97 Å². The van der Waals surface area contributed by atoms with Crippen LogP contribution in [0.25, 0.3) is 0 Å². The molecule has 1 fully saturated rings. The first-order chi connectivity index (χ1) is 8.27. The van der Waals surface area contributed by atoms with Gasteiger partial charge >= 0.3 is 5.97 Å². The number of nitrogens with one attached hydrogen (secondary N) is 1. The van der Waals surface area contributed by atoms with Crippen molar-refractivity contribution in [1.29, 1.82) is 0 Å². The van der Waals surface area contributed by atoms with Gasteiger partial charge < -0.3 is 5.11 Å². The van der Waals surface area contributed by atoms with Crippen LogP contribution < -0.4 is 5.32 Å². The third kappa shape index (κ3) is 1.75. The van der Waals surface area contributed by atoms with E-state index in [-0.39, 0.29) is 12.6 Å². The van der Waals surface area contributed by atoms with Crippen LogP contribution in [0.15, 0.2) is 24.3 Å². The number of carboxylic acids is 1. The molecule has 3 atom stereocenters. The number of benzene rings is 1. The summed E-state index contributed by atoms with van der Waals surface area (Å²) in [6, 6.07) is 8.74. The third-order valence-corrected chi connectivity index (χ3v) is 4.20. The first-order valence-electron chi connectivity index (χ1n) is 6.31. The molecule has 3 unspecified atom stereocenters. The van der Waals surface area contributed by atoms with Crippen LogP contribution in [-0.2, 0) is 4.79 Å². The average molecular weight is 231 g/mol. The monoisotopic (exact) mass is 231 g/mol. The lowest BCUT2D eigenvalue weighted by molar-refractivity contribution is -0.136. The maximum absolute atomic E-state index is 10.7. The van der Waals surface area contributed by atoms with E-state index in [2.05, 4.69) is 29.6 Å². The van der Waals surface area contributed by atoms with Crippen LogP contribution in [0, 0.1) is 5.92 Å². The molecule has 0 radical (unpaired) electrons. The van der Waals surface area contributed by atoms with Gasteiger partial charge in [0.15, 0.2) is 0 Å². The number of fused-ring (bicyclic) bond motifs is 3. The molecular formula is C14H17NO2. The van der Waals surface area contributed by atoms with Gasteiger partial charge in [0.2, 0.25) is 0 Å². The number of carboxylic acid groups (broad SMARTS) is 1. The maximum Gasteiger partial charge on any atom is 0.317 e. The molecule has 1 saturated carbocycles. The second-order valence-corrected chi connectivity index (χ2v) is 5.08. The van der Waals surface area contributed by atoms with Gasteiger partial charge in [0.05, 0.1) is 6.54 Å². The van der Waals surface area contributed by atoms with Crippen molar-refractivity contribution in [3.8, 4) is 0 Å². The summed E-state index contributed by atoms with van der Waals surface area (Å²) in [6.45, 7) is 0.0578. The Morgan fingerprint density at radius 1 is 1.29 bits per heavy atom. The van der Waals surface area contributed by atoms with Gasteiger partial charge in [-0.25, -0.2) is 0 Å². The summed E-state index contributed by atoms with van der Waals surface area (Å²) in [7, 11) is 0. The van der Waals surface area contributed by atoms with Gasteiger partial charge in [-0.1, -0.05) is 30.7 Å². The topological polar surface area (TPSA) is 49.3 Å². The highest BCUT2D eigenvalue weighted by Crippen LogP contribution is 2.53. The smallest absolute Gasteiger partial charge is 0.317 e. The number of hydrogen-bond donors (Lipinski definition) is 2. The molecule has 3 nitrogen and oxygen atoms in total. The minimum absolute atomic E-state index is 0.0578. The Bertz CT molecular complexity index is 444. The van der Waals surface area contributed by atoms with Crippen molar-refractivity contribution in [3.05, 3.63) is 35.4 Å². The normalized spacial score (nSPS) is 30.0. The van der Waals surface area contributed by atoms with Gasteiger partial charge in [0.1, 0.15) is 0 Å². The van der Waals surface area contributed by atoms with Gasteiger partial charge in [0.25, 0.3) is 0 Å².